The first-order chi connectivity index (χ1) is 7.16. The monoisotopic (exact) mass is 257 g/mol. The SMILES string of the molecule is Cl.Nc1[nH]c(=O)ncc1-c1cccc(Cl)c1. The molecule has 0 aliphatic rings. The Morgan fingerprint density at radius 2 is 2.12 bits per heavy atom. The van der Waals surface area contributed by atoms with Crippen molar-refractivity contribution in [3.8, 4) is 11.1 Å². The molecule has 1 heterocycles. The summed E-state index contributed by atoms with van der Waals surface area (Å²) in [5.41, 5.74) is 6.69. The maximum Gasteiger partial charge on any atom is 0.346 e. The van der Waals surface area contributed by atoms with E-state index >= 15 is 0 Å². The summed E-state index contributed by atoms with van der Waals surface area (Å²) in [6.45, 7) is 0. The van der Waals surface area contributed by atoms with Gasteiger partial charge in [0, 0.05) is 16.8 Å². The minimum Gasteiger partial charge on any atom is -0.385 e. The molecular formula is C10H9Cl2N3O. The van der Waals surface area contributed by atoms with Gasteiger partial charge >= 0.3 is 5.69 Å². The van der Waals surface area contributed by atoms with Gasteiger partial charge in [0.2, 0.25) is 0 Å². The molecule has 6 heteroatoms. The Labute approximate surface area is 103 Å². The molecule has 1 aromatic heterocycles. The highest BCUT2D eigenvalue weighted by Gasteiger charge is 2.04. The van der Waals surface area contributed by atoms with Crippen molar-refractivity contribution in [1.29, 1.82) is 0 Å². The Balaban J connectivity index is 0.00000128. The zero-order valence-corrected chi connectivity index (χ0v) is 9.68. The molecule has 1 aromatic carbocycles. The number of hydrogen-bond donors (Lipinski definition) is 2. The predicted octanol–water partition coefficient (Wildman–Crippen LogP) is 2.09. The zero-order valence-electron chi connectivity index (χ0n) is 8.11. The van der Waals surface area contributed by atoms with Crippen molar-refractivity contribution in [2.75, 3.05) is 5.73 Å². The molecule has 0 saturated carbocycles. The highest BCUT2D eigenvalue weighted by molar-refractivity contribution is 6.30. The molecule has 0 saturated heterocycles. The third-order valence-electron chi connectivity index (χ3n) is 1.98. The van der Waals surface area contributed by atoms with Crippen molar-refractivity contribution < 1.29 is 0 Å². The summed E-state index contributed by atoms with van der Waals surface area (Å²) < 4.78 is 0. The van der Waals surface area contributed by atoms with Gasteiger partial charge in [-0.3, -0.25) is 4.98 Å². The van der Waals surface area contributed by atoms with Crippen molar-refractivity contribution in [3.05, 3.63) is 46.0 Å². The smallest absolute Gasteiger partial charge is 0.346 e. The lowest BCUT2D eigenvalue weighted by Crippen LogP contribution is -2.12. The second-order valence-electron chi connectivity index (χ2n) is 3.03. The van der Waals surface area contributed by atoms with E-state index in [0.29, 0.717) is 10.6 Å². The number of aromatic amines is 1. The van der Waals surface area contributed by atoms with Gasteiger partial charge in [0.25, 0.3) is 0 Å². The second-order valence-corrected chi connectivity index (χ2v) is 3.46. The van der Waals surface area contributed by atoms with Crippen LogP contribution in [-0.2, 0) is 0 Å². The second kappa shape index (κ2) is 5.01. The highest BCUT2D eigenvalue weighted by Crippen LogP contribution is 2.24. The van der Waals surface area contributed by atoms with E-state index in [1.807, 2.05) is 12.1 Å². The number of hydrogen-bond acceptors (Lipinski definition) is 3. The van der Waals surface area contributed by atoms with Gasteiger partial charge in [0.1, 0.15) is 5.82 Å². The van der Waals surface area contributed by atoms with Crippen molar-refractivity contribution in [2.45, 2.75) is 0 Å². The average molecular weight is 258 g/mol. The van der Waals surface area contributed by atoms with Crippen LogP contribution in [0.25, 0.3) is 11.1 Å². The molecule has 0 bridgehead atoms. The Hall–Kier alpha value is -1.52. The molecule has 0 amide bonds. The summed E-state index contributed by atoms with van der Waals surface area (Å²) in [6, 6.07) is 7.17. The van der Waals surface area contributed by atoms with Crippen LogP contribution in [0.2, 0.25) is 5.02 Å². The normalized spacial score (nSPS) is 9.56. The minimum atomic E-state index is -0.460. The van der Waals surface area contributed by atoms with E-state index in [1.165, 1.54) is 6.20 Å². The Kier molecular flexibility index (Phi) is 3.93. The molecule has 0 spiro atoms. The number of aromatic nitrogens is 2. The molecule has 2 aromatic rings. The van der Waals surface area contributed by atoms with E-state index in [-0.39, 0.29) is 18.2 Å². The van der Waals surface area contributed by atoms with Gasteiger partial charge in [0.05, 0.1) is 0 Å². The van der Waals surface area contributed by atoms with Gasteiger partial charge in [-0.1, -0.05) is 23.7 Å². The molecule has 84 valence electrons. The van der Waals surface area contributed by atoms with Crippen molar-refractivity contribution in [2.24, 2.45) is 0 Å². The summed E-state index contributed by atoms with van der Waals surface area (Å²) in [7, 11) is 0. The summed E-state index contributed by atoms with van der Waals surface area (Å²) in [5, 5.41) is 0.609. The molecule has 4 nitrogen and oxygen atoms in total. The standard InChI is InChI=1S/C10H8ClN3O.ClH/c11-7-3-1-2-6(4-7)8-5-13-10(15)14-9(8)12;/h1-5H,(H3,12,13,14,15);1H. The molecule has 16 heavy (non-hydrogen) atoms. The van der Waals surface area contributed by atoms with Gasteiger partial charge in [-0.05, 0) is 17.7 Å². The first-order valence-corrected chi connectivity index (χ1v) is 4.65. The summed E-state index contributed by atoms with van der Waals surface area (Å²) in [5.74, 6) is 0.289. The van der Waals surface area contributed by atoms with Crippen LogP contribution in [0, 0.1) is 0 Å². The number of H-pyrrole nitrogens is 1. The fraction of sp³-hybridized carbons (Fsp3) is 0. The predicted molar refractivity (Wildman–Crippen MR) is 67.0 cm³/mol. The number of nitrogen functional groups attached to an aromatic ring is 1. The van der Waals surface area contributed by atoms with Crippen molar-refractivity contribution >= 4 is 29.8 Å². The van der Waals surface area contributed by atoms with Crippen LogP contribution in [0.4, 0.5) is 5.82 Å². The van der Waals surface area contributed by atoms with Crippen molar-refractivity contribution in [3.63, 3.8) is 0 Å². The van der Waals surface area contributed by atoms with Crippen LogP contribution in [0.3, 0.4) is 0 Å². The lowest BCUT2D eigenvalue weighted by Gasteiger charge is -2.04. The molecule has 3 N–H and O–H groups in total. The number of nitrogens with two attached hydrogens (primary N) is 1. The third kappa shape index (κ3) is 2.53. The first-order valence-electron chi connectivity index (χ1n) is 4.27. The maximum absolute atomic E-state index is 10.9. The van der Waals surface area contributed by atoms with Gasteiger partial charge in [-0.15, -0.1) is 12.4 Å². The van der Waals surface area contributed by atoms with E-state index < -0.39 is 5.69 Å². The van der Waals surface area contributed by atoms with E-state index in [4.69, 9.17) is 17.3 Å². The van der Waals surface area contributed by atoms with Gasteiger partial charge in [0.15, 0.2) is 0 Å². The highest BCUT2D eigenvalue weighted by atomic mass is 35.5. The number of halogens is 2. The quantitative estimate of drug-likeness (QED) is 0.822. The van der Waals surface area contributed by atoms with Crippen LogP contribution in [0.15, 0.2) is 35.3 Å². The number of nitrogens with one attached hydrogen (secondary N) is 1. The molecule has 0 unspecified atom stereocenters. The van der Waals surface area contributed by atoms with E-state index in [9.17, 15) is 4.79 Å². The minimum absolute atomic E-state index is 0. The van der Waals surface area contributed by atoms with Crippen molar-refractivity contribution in [1.82, 2.24) is 9.97 Å². The largest absolute Gasteiger partial charge is 0.385 e. The Bertz CT molecular complexity index is 554. The van der Waals surface area contributed by atoms with Crippen LogP contribution in [-0.4, -0.2) is 9.97 Å². The molecule has 0 atom stereocenters. The zero-order chi connectivity index (χ0) is 10.8. The lowest BCUT2D eigenvalue weighted by atomic mass is 10.1. The average Bonchev–Trinajstić information content (AvgIpc) is 2.17. The topological polar surface area (TPSA) is 71.8 Å². The molecular weight excluding hydrogens is 249 g/mol. The van der Waals surface area contributed by atoms with E-state index in [1.54, 1.807) is 12.1 Å². The van der Waals surface area contributed by atoms with Crippen LogP contribution < -0.4 is 11.4 Å². The molecule has 0 aliphatic carbocycles. The van der Waals surface area contributed by atoms with E-state index in [2.05, 4.69) is 9.97 Å². The molecule has 0 aliphatic heterocycles. The molecule has 0 fully saturated rings. The maximum atomic E-state index is 10.9. The third-order valence-corrected chi connectivity index (χ3v) is 2.21. The number of benzene rings is 1. The van der Waals surface area contributed by atoms with Crippen LogP contribution in [0.1, 0.15) is 0 Å². The fourth-order valence-corrected chi connectivity index (χ4v) is 1.48. The lowest BCUT2D eigenvalue weighted by molar-refractivity contribution is 1.09. The summed E-state index contributed by atoms with van der Waals surface area (Å²) >= 11 is 5.85. The van der Waals surface area contributed by atoms with Crippen LogP contribution in [0.5, 0.6) is 0 Å². The van der Waals surface area contributed by atoms with Gasteiger partial charge < -0.3 is 5.73 Å². The number of nitrogens with zero attached hydrogens (tertiary/aromatic N) is 1. The first kappa shape index (κ1) is 12.5. The number of rotatable bonds is 1. The fourth-order valence-electron chi connectivity index (χ4n) is 1.29. The molecule has 2 rings (SSSR count). The Morgan fingerprint density at radius 3 is 2.75 bits per heavy atom. The Morgan fingerprint density at radius 1 is 1.38 bits per heavy atom. The van der Waals surface area contributed by atoms with Crippen LogP contribution >= 0.6 is 24.0 Å². The summed E-state index contributed by atoms with van der Waals surface area (Å²) in [4.78, 5) is 16.9. The van der Waals surface area contributed by atoms with Gasteiger partial charge in [-0.25, -0.2) is 9.78 Å². The molecule has 0 radical (unpaired) electrons. The number of anilines is 1. The van der Waals surface area contributed by atoms with E-state index in [0.717, 1.165) is 5.56 Å². The van der Waals surface area contributed by atoms with Gasteiger partial charge in [-0.2, -0.15) is 0 Å². The summed E-state index contributed by atoms with van der Waals surface area (Å²) in [6.07, 6.45) is 1.43.